The van der Waals surface area contributed by atoms with Crippen molar-refractivity contribution in [3.8, 4) is 5.75 Å². The minimum atomic E-state index is 0. The molecule has 0 aliphatic carbocycles. The van der Waals surface area contributed by atoms with Gasteiger partial charge in [-0.3, -0.25) is 4.90 Å². The van der Waals surface area contributed by atoms with Crippen molar-refractivity contribution >= 4 is 12.4 Å². The maximum Gasteiger partial charge on any atom is 0.122 e. The first kappa shape index (κ1) is 17.8. The molecule has 1 heterocycles. The number of ether oxygens (including phenoxy) is 1. The first-order valence-corrected chi connectivity index (χ1v) is 7.84. The molecule has 23 heavy (non-hydrogen) atoms. The van der Waals surface area contributed by atoms with E-state index in [4.69, 9.17) is 10.5 Å². The van der Waals surface area contributed by atoms with Gasteiger partial charge in [-0.1, -0.05) is 42.5 Å². The van der Waals surface area contributed by atoms with E-state index >= 15 is 0 Å². The molecule has 1 fully saturated rings. The highest BCUT2D eigenvalue weighted by atomic mass is 35.5. The van der Waals surface area contributed by atoms with Crippen molar-refractivity contribution in [2.24, 2.45) is 5.73 Å². The lowest BCUT2D eigenvalue weighted by Gasteiger charge is -2.17. The predicted octanol–water partition coefficient (Wildman–Crippen LogP) is 3.35. The third-order valence-electron chi connectivity index (χ3n) is 4.55. The fourth-order valence-corrected chi connectivity index (χ4v) is 3.32. The number of hydrogen-bond donors (Lipinski definition) is 1. The van der Waals surface area contributed by atoms with E-state index in [2.05, 4.69) is 60.4 Å². The SMILES string of the molecule is COc1cc(CN2C[C@@H](N)[C@H](c3ccccc3)C2)ccc1C.Cl. The Labute approximate surface area is 144 Å². The third kappa shape index (κ3) is 4.05. The molecule has 0 radical (unpaired) electrons. The minimum absolute atomic E-state index is 0. The smallest absolute Gasteiger partial charge is 0.122 e. The van der Waals surface area contributed by atoms with Gasteiger partial charge in [0, 0.05) is 31.6 Å². The van der Waals surface area contributed by atoms with Crippen molar-refractivity contribution in [1.29, 1.82) is 0 Å². The molecule has 1 aliphatic rings. The zero-order valence-corrected chi connectivity index (χ0v) is 14.6. The highest BCUT2D eigenvalue weighted by Gasteiger charge is 2.30. The van der Waals surface area contributed by atoms with Crippen molar-refractivity contribution in [3.05, 3.63) is 65.2 Å². The molecule has 0 spiro atoms. The lowest BCUT2D eigenvalue weighted by Crippen LogP contribution is -2.28. The number of likely N-dealkylation sites (tertiary alicyclic amines) is 1. The second-order valence-electron chi connectivity index (χ2n) is 6.18. The molecule has 3 nitrogen and oxygen atoms in total. The van der Waals surface area contributed by atoms with E-state index < -0.39 is 0 Å². The average Bonchev–Trinajstić information content (AvgIpc) is 2.90. The van der Waals surface area contributed by atoms with Crippen LogP contribution in [0.5, 0.6) is 5.75 Å². The van der Waals surface area contributed by atoms with E-state index in [9.17, 15) is 0 Å². The molecule has 0 aromatic heterocycles. The molecule has 2 atom stereocenters. The molecule has 0 saturated carbocycles. The van der Waals surface area contributed by atoms with Crippen LogP contribution >= 0.6 is 12.4 Å². The predicted molar refractivity (Wildman–Crippen MR) is 97.4 cm³/mol. The molecule has 0 amide bonds. The quantitative estimate of drug-likeness (QED) is 0.933. The topological polar surface area (TPSA) is 38.5 Å². The van der Waals surface area contributed by atoms with Crippen molar-refractivity contribution < 1.29 is 4.74 Å². The number of nitrogens with zero attached hydrogens (tertiary/aromatic N) is 1. The van der Waals surface area contributed by atoms with E-state index in [1.54, 1.807) is 7.11 Å². The number of benzene rings is 2. The van der Waals surface area contributed by atoms with Gasteiger partial charge in [0.25, 0.3) is 0 Å². The van der Waals surface area contributed by atoms with Gasteiger partial charge >= 0.3 is 0 Å². The Morgan fingerprint density at radius 1 is 1.13 bits per heavy atom. The van der Waals surface area contributed by atoms with E-state index in [0.717, 1.165) is 25.4 Å². The molecule has 2 N–H and O–H groups in total. The Balaban J connectivity index is 0.00000192. The zero-order valence-electron chi connectivity index (χ0n) is 13.7. The van der Waals surface area contributed by atoms with Crippen molar-refractivity contribution in [3.63, 3.8) is 0 Å². The van der Waals surface area contributed by atoms with Gasteiger partial charge in [-0.2, -0.15) is 0 Å². The summed E-state index contributed by atoms with van der Waals surface area (Å²) in [4.78, 5) is 2.44. The first-order chi connectivity index (χ1) is 10.7. The van der Waals surface area contributed by atoms with Crippen LogP contribution in [0.3, 0.4) is 0 Å². The van der Waals surface area contributed by atoms with Crippen LogP contribution in [-0.4, -0.2) is 31.1 Å². The highest BCUT2D eigenvalue weighted by molar-refractivity contribution is 5.85. The normalized spacial score (nSPS) is 21.0. The third-order valence-corrected chi connectivity index (χ3v) is 4.55. The zero-order chi connectivity index (χ0) is 15.5. The van der Waals surface area contributed by atoms with Gasteiger partial charge in [-0.15, -0.1) is 12.4 Å². The van der Waals surface area contributed by atoms with E-state index in [1.165, 1.54) is 16.7 Å². The molecule has 0 bridgehead atoms. The average molecular weight is 333 g/mol. The largest absolute Gasteiger partial charge is 0.496 e. The van der Waals surface area contributed by atoms with Crippen molar-refractivity contribution in [2.75, 3.05) is 20.2 Å². The second kappa shape index (κ2) is 7.82. The van der Waals surface area contributed by atoms with Gasteiger partial charge in [0.2, 0.25) is 0 Å². The fraction of sp³-hybridized carbons (Fsp3) is 0.368. The molecule has 2 aromatic carbocycles. The van der Waals surface area contributed by atoms with Crippen molar-refractivity contribution in [2.45, 2.75) is 25.4 Å². The lowest BCUT2D eigenvalue weighted by atomic mass is 9.95. The van der Waals surface area contributed by atoms with Crippen LogP contribution in [0, 0.1) is 6.92 Å². The first-order valence-electron chi connectivity index (χ1n) is 7.84. The summed E-state index contributed by atoms with van der Waals surface area (Å²) in [5.74, 6) is 1.38. The van der Waals surface area contributed by atoms with E-state index in [0.29, 0.717) is 5.92 Å². The maximum atomic E-state index is 6.37. The summed E-state index contributed by atoms with van der Waals surface area (Å²) in [5.41, 5.74) is 10.2. The Morgan fingerprint density at radius 2 is 1.87 bits per heavy atom. The van der Waals surface area contributed by atoms with Gasteiger partial charge in [-0.25, -0.2) is 0 Å². The van der Waals surface area contributed by atoms with Crippen LogP contribution in [0.2, 0.25) is 0 Å². The monoisotopic (exact) mass is 332 g/mol. The molecular formula is C19H25ClN2O. The van der Waals surface area contributed by atoms with Gasteiger partial charge in [0.05, 0.1) is 7.11 Å². The van der Waals surface area contributed by atoms with Crippen LogP contribution in [-0.2, 0) is 6.54 Å². The van der Waals surface area contributed by atoms with Crippen LogP contribution in [0.15, 0.2) is 48.5 Å². The summed E-state index contributed by atoms with van der Waals surface area (Å²) < 4.78 is 5.42. The number of hydrogen-bond acceptors (Lipinski definition) is 3. The molecular weight excluding hydrogens is 308 g/mol. The number of aryl methyl sites for hydroxylation is 1. The summed E-state index contributed by atoms with van der Waals surface area (Å²) >= 11 is 0. The van der Waals surface area contributed by atoms with Gasteiger partial charge in [0.15, 0.2) is 0 Å². The number of nitrogens with two attached hydrogens (primary N) is 1. The number of halogens is 1. The summed E-state index contributed by atoms with van der Waals surface area (Å²) in [6.45, 7) is 4.95. The number of rotatable bonds is 4. The number of methoxy groups -OCH3 is 1. The molecule has 3 rings (SSSR count). The van der Waals surface area contributed by atoms with E-state index in [1.807, 2.05) is 0 Å². The fourth-order valence-electron chi connectivity index (χ4n) is 3.32. The van der Waals surface area contributed by atoms with Crippen LogP contribution in [0.25, 0.3) is 0 Å². The summed E-state index contributed by atoms with van der Waals surface area (Å²) in [5, 5.41) is 0. The maximum absolute atomic E-state index is 6.37. The van der Waals surface area contributed by atoms with Gasteiger partial charge < -0.3 is 10.5 Å². The molecule has 124 valence electrons. The van der Waals surface area contributed by atoms with Crippen LogP contribution < -0.4 is 10.5 Å². The Hall–Kier alpha value is -1.55. The van der Waals surface area contributed by atoms with Gasteiger partial charge in [0.1, 0.15) is 5.75 Å². The lowest BCUT2D eigenvalue weighted by molar-refractivity contribution is 0.322. The Bertz CT molecular complexity index is 633. The Kier molecular flexibility index (Phi) is 6.05. The molecule has 1 saturated heterocycles. The van der Waals surface area contributed by atoms with E-state index in [-0.39, 0.29) is 18.4 Å². The summed E-state index contributed by atoms with van der Waals surface area (Å²) in [6.07, 6.45) is 0. The molecule has 4 heteroatoms. The minimum Gasteiger partial charge on any atom is -0.496 e. The standard InChI is InChI=1S/C19H24N2O.ClH/c1-14-8-9-15(10-19(14)22-2)11-21-12-17(18(20)13-21)16-6-4-3-5-7-16;/h3-10,17-18H,11-13,20H2,1-2H3;1H/t17-,18+;/m0./s1. The second-order valence-corrected chi connectivity index (χ2v) is 6.18. The van der Waals surface area contributed by atoms with Crippen LogP contribution in [0.1, 0.15) is 22.6 Å². The molecule has 2 aromatic rings. The van der Waals surface area contributed by atoms with Crippen LogP contribution in [0.4, 0.5) is 0 Å². The highest BCUT2D eigenvalue weighted by Crippen LogP contribution is 2.28. The summed E-state index contributed by atoms with van der Waals surface area (Å²) in [7, 11) is 1.73. The Morgan fingerprint density at radius 3 is 2.57 bits per heavy atom. The summed E-state index contributed by atoms with van der Waals surface area (Å²) in [6, 6.07) is 17.3. The molecule has 0 unspecified atom stereocenters. The van der Waals surface area contributed by atoms with Gasteiger partial charge in [-0.05, 0) is 29.7 Å². The molecule has 1 aliphatic heterocycles. The van der Waals surface area contributed by atoms with Crippen molar-refractivity contribution in [1.82, 2.24) is 4.90 Å².